The fourth-order valence-corrected chi connectivity index (χ4v) is 4.17. The first-order chi connectivity index (χ1) is 17.4. The second-order valence-corrected chi connectivity index (χ2v) is 9.17. The number of hydrogen-bond donors (Lipinski definition) is 1. The predicted octanol–water partition coefficient (Wildman–Crippen LogP) is 2.30. The molecule has 1 amide bonds. The number of esters is 4. The van der Waals surface area contributed by atoms with E-state index in [0.29, 0.717) is 5.02 Å². The highest BCUT2D eigenvalue weighted by Gasteiger charge is 2.64. The molecule has 1 aliphatic rings. The standard InChI is InChI=1S/C25H32ClNO10/c1-13-6-7-18(8-20(13)26)10-33-14(2)19(9-27-15(3)28)21-22(24(31)36-11-34-16(4)29)23(21)25(32)37-12-35-17(5)30/h6-8,14,19,21-23H,9-12H2,1-5H3,(H,27,28)/t14?,19-,21?,22?,23?/m1/s1. The number of nitrogens with one attached hydrogen (secondary N) is 1. The summed E-state index contributed by atoms with van der Waals surface area (Å²) in [5, 5.41) is 3.31. The monoisotopic (exact) mass is 541 g/mol. The van der Waals surface area contributed by atoms with Gasteiger partial charge in [-0.15, -0.1) is 0 Å². The Morgan fingerprint density at radius 2 is 1.46 bits per heavy atom. The maximum Gasteiger partial charge on any atom is 0.313 e. The number of rotatable bonds is 13. The highest BCUT2D eigenvalue weighted by atomic mass is 35.5. The van der Waals surface area contributed by atoms with Gasteiger partial charge in [-0.1, -0.05) is 23.7 Å². The van der Waals surface area contributed by atoms with Crippen LogP contribution in [0.4, 0.5) is 0 Å². The van der Waals surface area contributed by atoms with Crippen molar-refractivity contribution in [2.24, 2.45) is 23.7 Å². The summed E-state index contributed by atoms with van der Waals surface area (Å²) in [4.78, 5) is 59.2. The summed E-state index contributed by atoms with van der Waals surface area (Å²) < 4.78 is 25.4. The quantitative estimate of drug-likeness (QED) is 0.292. The molecule has 2 rings (SSSR count). The van der Waals surface area contributed by atoms with Gasteiger partial charge in [0.25, 0.3) is 0 Å². The molecule has 1 N–H and O–H groups in total. The van der Waals surface area contributed by atoms with Crippen molar-refractivity contribution in [2.45, 2.75) is 47.3 Å². The highest BCUT2D eigenvalue weighted by molar-refractivity contribution is 6.31. The van der Waals surface area contributed by atoms with Crippen molar-refractivity contribution in [1.82, 2.24) is 5.32 Å². The molecule has 0 radical (unpaired) electrons. The van der Waals surface area contributed by atoms with Crippen LogP contribution in [-0.2, 0) is 54.3 Å². The van der Waals surface area contributed by atoms with E-state index in [0.717, 1.165) is 25.0 Å². The molecule has 1 aromatic carbocycles. The Labute approximate surface area is 220 Å². The number of halogens is 1. The Kier molecular flexibility index (Phi) is 11.3. The first-order valence-corrected chi connectivity index (χ1v) is 12.0. The Morgan fingerprint density at radius 1 is 0.919 bits per heavy atom. The van der Waals surface area contributed by atoms with Gasteiger partial charge in [0.2, 0.25) is 19.5 Å². The van der Waals surface area contributed by atoms with Crippen LogP contribution >= 0.6 is 11.6 Å². The molecule has 1 aromatic rings. The molecule has 0 aromatic heterocycles. The van der Waals surface area contributed by atoms with E-state index in [1.54, 1.807) is 13.0 Å². The van der Waals surface area contributed by atoms with E-state index < -0.39 is 67.2 Å². The lowest BCUT2D eigenvalue weighted by Crippen LogP contribution is -2.36. The molecule has 0 spiro atoms. The van der Waals surface area contributed by atoms with Crippen molar-refractivity contribution in [3.63, 3.8) is 0 Å². The van der Waals surface area contributed by atoms with Crippen molar-refractivity contribution in [1.29, 1.82) is 0 Å². The smallest absolute Gasteiger partial charge is 0.313 e. The second-order valence-electron chi connectivity index (χ2n) is 8.76. The van der Waals surface area contributed by atoms with Crippen molar-refractivity contribution in [3.8, 4) is 0 Å². The minimum absolute atomic E-state index is 0.108. The molecule has 0 bridgehead atoms. The first-order valence-electron chi connectivity index (χ1n) is 11.6. The van der Waals surface area contributed by atoms with Crippen LogP contribution in [0.3, 0.4) is 0 Å². The molecule has 1 fully saturated rings. The molecule has 1 saturated carbocycles. The summed E-state index contributed by atoms with van der Waals surface area (Å²) in [6.45, 7) is 6.41. The molecule has 12 heteroatoms. The van der Waals surface area contributed by atoms with Crippen LogP contribution < -0.4 is 5.32 Å². The number of amides is 1. The van der Waals surface area contributed by atoms with Gasteiger partial charge in [0.05, 0.1) is 24.5 Å². The molecule has 37 heavy (non-hydrogen) atoms. The Balaban J connectivity index is 2.19. The summed E-state index contributed by atoms with van der Waals surface area (Å²) in [5.74, 6) is -6.14. The van der Waals surface area contributed by atoms with E-state index >= 15 is 0 Å². The third-order valence-corrected chi connectivity index (χ3v) is 6.39. The lowest BCUT2D eigenvalue weighted by atomic mass is 9.94. The summed E-state index contributed by atoms with van der Waals surface area (Å²) in [7, 11) is 0. The lowest BCUT2D eigenvalue weighted by Gasteiger charge is -2.25. The maximum absolute atomic E-state index is 12.8. The highest BCUT2D eigenvalue weighted by Crippen LogP contribution is 2.53. The number of ether oxygens (including phenoxy) is 5. The van der Waals surface area contributed by atoms with E-state index in [4.69, 9.17) is 25.8 Å². The number of carbonyl (C=O) groups is 5. The molecule has 1 aliphatic carbocycles. The Morgan fingerprint density at radius 3 is 1.92 bits per heavy atom. The number of carbonyl (C=O) groups excluding carboxylic acids is 5. The molecule has 0 aliphatic heterocycles. The Bertz CT molecular complexity index is 975. The van der Waals surface area contributed by atoms with E-state index in [-0.39, 0.29) is 19.1 Å². The van der Waals surface area contributed by atoms with Gasteiger partial charge < -0.3 is 29.0 Å². The molecule has 0 saturated heterocycles. The minimum atomic E-state index is -0.945. The average Bonchev–Trinajstić information content (AvgIpc) is 3.54. The van der Waals surface area contributed by atoms with Gasteiger partial charge in [-0.2, -0.15) is 0 Å². The van der Waals surface area contributed by atoms with Crippen molar-refractivity contribution in [2.75, 3.05) is 20.1 Å². The Hall–Kier alpha value is -3.18. The van der Waals surface area contributed by atoms with Crippen molar-refractivity contribution < 1.29 is 47.7 Å². The van der Waals surface area contributed by atoms with Gasteiger partial charge in [0.15, 0.2) is 0 Å². The average molecular weight is 542 g/mol. The SMILES string of the molecule is CC(=O)NC[C@H](C(C)OCc1ccc(C)c(Cl)c1)C1C(C(=O)OCOC(C)=O)C1C(=O)OCOC(C)=O. The van der Waals surface area contributed by atoms with E-state index in [1.165, 1.54) is 6.92 Å². The van der Waals surface area contributed by atoms with Crippen LogP contribution in [0.5, 0.6) is 0 Å². The summed E-state index contributed by atoms with van der Waals surface area (Å²) in [6, 6.07) is 5.53. The van der Waals surface area contributed by atoms with Crippen molar-refractivity contribution in [3.05, 3.63) is 34.3 Å². The van der Waals surface area contributed by atoms with Crippen LogP contribution in [0.1, 0.15) is 38.8 Å². The molecule has 3 unspecified atom stereocenters. The predicted molar refractivity (Wildman–Crippen MR) is 129 cm³/mol. The topological polar surface area (TPSA) is 144 Å². The third-order valence-electron chi connectivity index (χ3n) is 5.98. The van der Waals surface area contributed by atoms with Gasteiger partial charge in [0, 0.05) is 38.3 Å². The first kappa shape index (κ1) is 30.0. The maximum atomic E-state index is 12.8. The lowest BCUT2D eigenvalue weighted by molar-refractivity contribution is -0.172. The summed E-state index contributed by atoms with van der Waals surface area (Å²) in [5.41, 5.74) is 1.75. The minimum Gasteiger partial charge on any atom is -0.428 e. The van der Waals surface area contributed by atoms with E-state index in [9.17, 15) is 24.0 Å². The third kappa shape index (κ3) is 9.32. The van der Waals surface area contributed by atoms with Crippen LogP contribution in [0.25, 0.3) is 0 Å². The van der Waals surface area contributed by atoms with Crippen LogP contribution in [0.15, 0.2) is 18.2 Å². The number of aryl methyl sites for hydroxylation is 1. The second kappa shape index (κ2) is 13.9. The fraction of sp³-hybridized carbons (Fsp3) is 0.560. The normalized spacial score (nSPS) is 19.7. The summed E-state index contributed by atoms with van der Waals surface area (Å²) in [6.07, 6.45) is -0.521. The molecular formula is C25H32ClNO10. The largest absolute Gasteiger partial charge is 0.428 e. The van der Waals surface area contributed by atoms with Gasteiger partial charge in [-0.3, -0.25) is 24.0 Å². The summed E-state index contributed by atoms with van der Waals surface area (Å²) >= 11 is 6.20. The molecule has 11 nitrogen and oxygen atoms in total. The van der Waals surface area contributed by atoms with Crippen LogP contribution in [-0.4, -0.2) is 56.0 Å². The van der Waals surface area contributed by atoms with Gasteiger partial charge >= 0.3 is 23.9 Å². The molecule has 4 atom stereocenters. The zero-order valence-corrected chi connectivity index (χ0v) is 22.2. The van der Waals surface area contributed by atoms with Crippen LogP contribution in [0.2, 0.25) is 5.02 Å². The zero-order valence-electron chi connectivity index (χ0n) is 21.4. The van der Waals surface area contributed by atoms with E-state index in [2.05, 4.69) is 14.8 Å². The van der Waals surface area contributed by atoms with Gasteiger partial charge in [-0.05, 0) is 37.0 Å². The molecule has 204 valence electrons. The molecular weight excluding hydrogens is 510 g/mol. The van der Waals surface area contributed by atoms with Crippen molar-refractivity contribution >= 4 is 41.4 Å². The van der Waals surface area contributed by atoms with Gasteiger partial charge in [-0.25, -0.2) is 0 Å². The molecule has 0 heterocycles. The zero-order chi connectivity index (χ0) is 27.7. The number of benzene rings is 1. The fourth-order valence-electron chi connectivity index (χ4n) is 3.96. The number of hydrogen-bond acceptors (Lipinski definition) is 10. The van der Waals surface area contributed by atoms with E-state index in [1.807, 2.05) is 19.1 Å². The van der Waals surface area contributed by atoms with Gasteiger partial charge in [0.1, 0.15) is 0 Å². The van der Waals surface area contributed by atoms with Crippen LogP contribution in [0, 0.1) is 30.6 Å².